The zero-order valence-electron chi connectivity index (χ0n) is 15.6. The molecule has 24 heavy (non-hydrogen) atoms. The fourth-order valence-corrected chi connectivity index (χ4v) is 2.32. The first-order valence-electron chi connectivity index (χ1n) is 8.65. The first-order valence-corrected chi connectivity index (χ1v) is 8.65. The Morgan fingerprint density at radius 1 is 1.29 bits per heavy atom. The van der Waals surface area contributed by atoms with Crippen molar-refractivity contribution in [3.8, 4) is 0 Å². The lowest BCUT2D eigenvalue weighted by molar-refractivity contribution is -0.883. The summed E-state index contributed by atoms with van der Waals surface area (Å²) in [5.74, 6) is -0.687. The van der Waals surface area contributed by atoms with Crippen LogP contribution in [0.2, 0.25) is 0 Å². The number of quaternary nitrogens is 1. The second-order valence-corrected chi connectivity index (χ2v) is 6.77. The minimum Gasteiger partial charge on any atom is -0.460 e. The van der Waals surface area contributed by atoms with Crippen molar-refractivity contribution >= 4 is 11.9 Å². The molecule has 1 N–H and O–H groups in total. The highest BCUT2D eigenvalue weighted by Crippen LogP contribution is 2.14. The Bertz CT molecular complexity index is 395. The van der Waals surface area contributed by atoms with Gasteiger partial charge in [-0.15, -0.1) is 6.58 Å². The number of unbranched alkanes of at least 4 members (excludes halogenated alkanes) is 2. The predicted octanol–water partition coefficient (Wildman–Crippen LogP) is 2.05. The monoisotopic (exact) mass is 344 g/mol. The Labute approximate surface area is 146 Å². The van der Waals surface area contributed by atoms with Crippen LogP contribution in [0.3, 0.4) is 0 Å². The molecule has 0 bridgehead atoms. The zero-order chi connectivity index (χ0) is 18.6. The maximum Gasteiger partial charge on any atom is 0.362 e. The topological polar surface area (TPSA) is 72.8 Å². The van der Waals surface area contributed by atoms with E-state index in [9.17, 15) is 14.7 Å². The van der Waals surface area contributed by atoms with Crippen molar-refractivity contribution in [2.24, 2.45) is 0 Å². The van der Waals surface area contributed by atoms with Crippen LogP contribution < -0.4 is 0 Å². The number of carbonyl (C=O) groups is 2. The van der Waals surface area contributed by atoms with E-state index >= 15 is 0 Å². The number of rotatable bonds is 13. The fraction of sp³-hybridized carbons (Fsp3) is 0.778. The van der Waals surface area contributed by atoms with Gasteiger partial charge in [-0.25, -0.2) is 4.79 Å². The van der Waals surface area contributed by atoms with Gasteiger partial charge >= 0.3 is 11.9 Å². The van der Waals surface area contributed by atoms with Crippen LogP contribution in [0.15, 0.2) is 12.7 Å². The largest absolute Gasteiger partial charge is 0.460 e. The standard InChI is InChI=1S/C18H34NO5/c1-6-8-9-11-17(16(21)10-7-2)24-18(22)14-19(4,5)12-13-23-15(3)20/h7,16-17,21H,2,6,8-14H2,1,3-5H3/q+1. The van der Waals surface area contributed by atoms with Crippen molar-refractivity contribution in [1.29, 1.82) is 0 Å². The third kappa shape index (κ3) is 11.2. The molecule has 0 aromatic rings. The highest BCUT2D eigenvalue weighted by atomic mass is 16.6. The third-order valence-electron chi connectivity index (χ3n) is 3.77. The van der Waals surface area contributed by atoms with Crippen molar-refractivity contribution in [1.82, 2.24) is 0 Å². The van der Waals surface area contributed by atoms with E-state index in [1.165, 1.54) is 6.92 Å². The van der Waals surface area contributed by atoms with Crippen LogP contribution in [0, 0.1) is 0 Å². The molecule has 0 radical (unpaired) electrons. The molecule has 0 fully saturated rings. The first kappa shape index (κ1) is 22.6. The Morgan fingerprint density at radius 3 is 2.50 bits per heavy atom. The highest BCUT2D eigenvalue weighted by Gasteiger charge is 2.27. The summed E-state index contributed by atoms with van der Waals surface area (Å²) in [6.45, 7) is 8.02. The molecular formula is C18H34NO5+. The van der Waals surface area contributed by atoms with Gasteiger partial charge in [0.25, 0.3) is 0 Å². The molecule has 0 aliphatic rings. The second kappa shape index (κ2) is 12.0. The van der Waals surface area contributed by atoms with Crippen LogP contribution in [-0.2, 0) is 19.1 Å². The molecule has 6 heteroatoms. The summed E-state index contributed by atoms with van der Waals surface area (Å²) >= 11 is 0. The average molecular weight is 344 g/mol. The number of likely N-dealkylation sites (N-methyl/N-ethyl adjacent to an activating group) is 1. The molecule has 0 aromatic carbocycles. The molecule has 0 rings (SSSR count). The molecule has 0 saturated carbocycles. The maximum atomic E-state index is 12.2. The van der Waals surface area contributed by atoms with E-state index in [0.29, 0.717) is 23.9 Å². The number of carbonyl (C=O) groups excluding carboxylic acids is 2. The summed E-state index contributed by atoms with van der Waals surface area (Å²) in [5.41, 5.74) is 0. The van der Waals surface area contributed by atoms with E-state index in [1.807, 2.05) is 14.1 Å². The van der Waals surface area contributed by atoms with Gasteiger partial charge in [0.1, 0.15) is 19.3 Å². The van der Waals surface area contributed by atoms with E-state index in [2.05, 4.69) is 13.5 Å². The minimum absolute atomic E-state index is 0.159. The average Bonchev–Trinajstić information content (AvgIpc) is 2.45. The molecule has 6 nitrogen and oxygen atoms in total. The number of aliphatic hydroxyl groups is 1. The second-order valence-electron chi connectivity index (χ2n) is 6.77. The summed E-state index contributed by atoms with van der Waals surface area (Å²) in [7, 11) is 3.74. The first-order chi connectivity index (χ1) is 11.2. The molecule has 0 aliphatic heterocycles. The van der Waals surface area contributed by atoms with E-state index < -0.39 is 12.2 Å². The van der Waals surface area contributed by atoms with E-state index in [1.54, 1.807) is 6.08 Å². The minimum atomic E-state index is -0.722. The summed E-state index contributed by atoms with van der Waals surface area (Å²) < 4.78 is 10.8. The summed E-state index contributed by atoms with van der Waals surface area (Å²) in [6.07, 6.45) is 4.47. The number of ether oxygens (including phenoxy) is 2. The van der Waals surface area contributed by atoms with Crippen LogP contribution in [0.1, 0.15) is 46.0 Å². The normalized spacial score (nSPS) is 13.9. The van der Waals surface area contributed by atoms with Gasteiger partial charge in [0.2, 0.25) is 0 Å². The number of aliphatic hydroxyl groups excluding tert-OH is 1. The van der Waals surface area contributed by atoms with E-state index in [0.717, 1.165) is 19.3 Å². The van der Waals surface area contributed by atoms with Crippen molar-refractivity contribution < 1.29 is 28.7 Å². The number of hydrogen-bond donors (Lipinski definition) is 1. The van der Waals surface area contributed by atoms with Crippen molar-refractivity contribution in [3.63, 3.8) is 0 Å². The molecule has 140 valence electrons. The van der Waals surface area contributed by atoms with Gasteiger partial charge in [-0.3, -0.25) is 4.79 Å². The van der Waals surface area contributed by atoms with Gasteiger partial charge in [0.05, 0.1) is 20.2 Å². The predicted molar refractivity (Wildman–Crippen MR) is 93.3 cm³/mol. The third-order valence-corrected chi connectivity index (χ3v) is 3.77. The van der Waals surface area contributed by atoms with Gasteiger partial charge in [-0.1, -0.05) is 25.8 Å². The Morgan fingerprint density at radius 2 is 1.96 bits per heavy atom. The molecule has 0 aromatic heterocycles. The number of hydrogen-bond acceptors (Lipinski definition) is 5. The highest BCUT2D eigenvalue weighted by molar-refractivity contribution is 5.70. The quantitative estimate of drug-likeness (QED) is 0.240. The molecule has 0 heterocycles. The lowest BCUT2D eigenvalue weighted by Crippen LogP contribution is -2.47. The van der Waals surface area contributed by atoms with Crippen LogP contribution in [-0.4, -0.2) is 67.5 Å². The Hall–Kier alpha value is -1.40. The van der Waals surface area contributed by atoms with Gasteiger partial charge in [0, 0.05) is 6.92 Å². The van der Waals surface area contributed by atoms with Crippen molar-refractivity contribution in [3.05, 3.63) is 12.7 Å². The zero-order valence-corrected chi connectivity index (χ0v) is 15.6. The summed E-state index contributed by atoms with van der Waals surface area (Å²) in [6, 6.07) is 0. The molecule has 0 amide bonds. The van der Waals surface area contributed by atoms with Gasteiger partial charge < -0.3 is 19.1 Å². The van der Waals surface area contributed by atoms with Crippen molar-refractivity contribution in [2.75, 3.05) is 33.8 Å². The maximum absolute atomic E-state index is 12.2. The molecule has 2 unspecified atom stereocenters. The molecule has 0 saturated heterocycles. The van der Waals surface area contributed by atoms with Crippen LogP contribution in [0.4, 0.5) is 0 Å². The Kier molecular flexibility index (Phi) is 11.3. The van der Waals surface area contributed by atoms with Crippen LogP contribution in [0.25, 0.3) is 0 Å². The molecule has 2 atom stereocenters. The van der Waals surface area contributed by atoms with Gasteiger partial charge in [-0.2, -0.15) is 0 Å². The van der Waals surface area contributed by atoms with Crippen LogP contribution in [0.5, 0.6) is 0 Å². The summed E-state index contributed by atoms with van der Waals surface area (Å²) in [5, 5.41) is 10.1. The van der Waals surface area contributed by atoms with Gasteiger partial charge in [-0.05, 0) is 19.3 Å². The number of nitrogens with zero attached hydrogens (tertiary/aromatic N) is 1. The smallest absolute Gasteiger partial charge is 0.362 e. The van der Waals surface area contributed by atoms with Crippen LogP contribution >= 0.6 is 0 Å². The molecule has 0 spiro atoms. The lowest BCUT2D eigenvalue weighted by Gasteiger charge is -2.30. The lowest BCUT2D eigenvalue weighted by atomic mass is 10.0. The summed E-state index contributed by atoms with van der Waals surface area (Å²) in [4.78, 5) is 23.0. The molecule has 0 aliphatic carbocycles. The van der Waals surface area contributed by atoms with Crippen molar-refractivity contribution in [2.45, 2.75) is 58.2 Å². The fourth-order valence-electron chi connectivity index (χ4n) is 2.32. The molecular weight excluding hydrogens is 310 g/mol. The van der Waals surface area contributed by atoms with E-state index in [4.69, 9.17) is 9.47 Å². The Balaban J connectivity index is 4.50. The SMILES string of the molecule is C=CCC(O)C(CCCCC)OC(=O)C[N+](C)(C)CCOC(C)=O. The number of esters is 2. The van der Waals surface area contributed by atoms with Gasteiger partial charge in [0.15, 0.2) is 6.54 Å². The van der Waals surface area contributed by atoms with E-state index in [-0.39, 0.29) is 25.1 Å².